The highest BCUT2D eigenvalue weighted by Crippen LogP contribution is 2.27. The van der Waals surface area contributed by atoms with Crippen LogP contribution in [0.3, 0.4) is 0 Å². The number of pyridine rings is 1. The molecule has 1 saturated carbocycles. The Labute approximate surface area is 116 Å². The van der Waals surface area contributed by atoms with E-state index in [2.05, 4.69) is 25.7 Å². The van der Waals surface area contributed by atoms with Crippen molar-refractivity contribution in [3.8, 4) is 5.82 Å². The van der Waals surface area contributed by atoms with Gasteiger partial charge in [0.15, 0.2) is 5.82 Å². The van der Waals surface area contributed by atoms with E-state index >= 15 is 0 Å². The summed E-state index contributed by atoms with van der Waals surface area (Å²) in [5, 5.41) is 9.93. The summed E-state index contributed by atoms with van der Waals surface area (Å²) in [6, 6.07) is 3.57. The van der Waals surface area contributed by atoms with Gasteiger partial charge in [-0.1, -0.05) is 0 Å². The summed E-state index contributed by atoms with van der Waals surface area (Å²) in [4.78, 5) is 19.8. The van der Waals surface area contributed by atoms with Crippen molar-refractivity contribution in [1.29, 1.82) is 0 Å². The number of hydrogen-bond acceptors (Lipinski definition) is 5. The predicted molar refractivity (Wildman–Crippen MR) is 73.4 cm³/mol. The number of nitrogens with zero attached hydrogens (tertiary/aromatic N) is 4. The zero-order valence-electron chi connectivity index (χ0n) is 11.0. The first-order chi connectivity index (χ1) is 9.81. The summed E-state index contributed by atoms with van der Waals surface area (Å²) in [5.74, 6) is 1.37. The van der Waals surface area contributed by atoms with Crippen LogP contribution in [0.1, 0.15) is 12.8 Å². The molecular formula is C13H16N6O. The van der Waals surface area contributed by atoms with E-state index in [4.69, 9.17) is 0 Å². The van der Waals surface area contributed by atoms with E-state index in [0.717, 1.165) is 12.5 Å². The Morgan fingerprint density at radius 1 is 1.40 bits per heavy atom. The van der Waals surface area contributed by atoms with Crippen LogP contribution in [-0.2, 0) is 4.79 Å². The molecule has 2 heterocycles. The van der Waals surface area contributed by atoms with Crippen LogP contribution < -0.4 is 10.6 Å². The molecule has 104 valence electrons. The third kappa shape index (κ3) is 3.39. The molecule has 2 aromatic heterocycles. The quantitative estimate of drug-likeness (QED) is 0.804. The molecule has 1 amide bonds. The van der Waals surface area contributed by atoms with Crippen molar-refractivity contribution in [1.82, 2.24) is 25.1 Å². The van der Waals surface area contributed by atoms with Crippen LogP contribution >= 0.6 is 0 Å². The maximum Gasteiger partial charge on any atom is 0.238 e. The largest absolute Gasteiger partial charge is 0.324 e. The molecule has 0 atom stereocenters. The van der Waals surface area contributed by atoms with Crippen molar-refractivity contribution in [3.63, 3.8) is 0 Å². The molecule has 0 spiro atoms. The minimum Gasteiger partial charge on any atom is -0.324 e. The standard InChI is InChI=1S/C13H16N6O/c20-13(7-14-5-10-1-2-10)18-11-3-4-12(16-6-11)19-9-15-8-17-19/h3-4,6,8-10,14H,1-2,5,7H2,(H,18,20). The zero-order valence-corrected chi connectivity index (χ0v) is 11.0. The number of carbonyl (C=O) groups excluding carboxylic acids is 1. The molecule has 2 aromatic rings. The number of nitrogens with one attached hydrogen (secondary N) is 2. The SMILES string of the molecule is O=C(CNCC1CC1)Nc1ccc(-n2cncn2)nc1. The highest BCUT2D eigenvalue weighted by molar-refractivity contribution is 5.92. The Kier molecular flexibility index (Phi) is 3.69. The van der Waals surface area contributed by atoms with E-state index in [-0.39, 0.29) is 5.91 Å². The van der Waals surface area contributed by atoms with Gasteiger partial charge >= 0.3 is 0 Å². The number of rotatable bonds is 6. The highest BCUT2D eigenvalue weighted by Gasteiger charge is 2.20. The monoisotopic (exact) mass is 272 g/mol. The van der Waals surface area contributed by atoms with E-state index in [9.17, 15) is 4.79 Å². The van der Waals surface area contributed by atoms with Gasteiger partial charge in [-0.3, -0.25) is 4.79 Å². The first kappa shape index (κ1) is 12.7. The average molecular weight is 272 g/mol. The van der Waals surface area contributed by atoms with Crippen molar-refractivity contribution in [2.45, 2.75) is 12.8 Å². The van der Waals surface area contributed by atoms with E-state index in [1.807, 2.05) is 0 Å². The maximum absolute atomic E-state index is 11.7. The molecule has 7 heteroatoms. The molecule has 0 bridgehead atoms. The molecule has 0 saturated heterocycles. The molecule has 0 radical (unpaired) electrons. The number of amides is 1. The number of hydrogen-bond donors (Lipinski definition) is 2. The summed E-state index contributed by atoms with van der Waals surface area (Å²) >= 11 is 0. The third-order valence-corrected chi connectivity index (χ3v) is 3.10. The molecule has 0 aliphatic heterocycles. The van der Waals surface area contributed by atoms with Crippen LogP contribution in [0.5, 0.6) is 0 Å². The van der Waals surface area contributed by atoms with Gasteiger partial charge in [0.05, 0.1) is 18.4 Å². The molecule has 2 N–H and O–H groups in total. The maximum atomic E-state index is 11.7. The fourth-order valence-electron chi connectivity index (χ4n) is 1.84. The van der Waals surface area contributed by atoms with Gasteiger partial charge in [-0.2, -0.15) is 5.10 Å². The van der Waals surface area contributed by atoms with Crippen LogP contribution in [0, 0.1) is 5.92 Å². The minimum absolute atomic E-state index is 0.0547. The Bertz CT molecular complexity index is 561. The average Bonchev–Trinajstić information content (AvgIpc) is 3.11. The zero-order chi connectivity index (χ0) is 13.8. The van der Waals surface area contributed by atoms with E-state index in [1.165, 1.54) is 19.2 Å². The van der Waals surface area contributed by atoms with Gasteiger partial charge < -0.3 is 10.6 Å². The van der Waals surface area contributed by atoms with E-state index in [1.54, 1.807) is 29.3 Å². The first-order valence-corrected chi connectivity index (χ1v) is 6.63. The molecule has 20 heavy (non-hydrogen) atoms. The Hall–Kier alpha value is -2.28. The fraction of sp³-hybridized carbons (Fsp3) is 0.385. The summed E-state index contributed by atoms with van der Waals surface area (Å²) < 4.78 is 1.56. The van der Waals surface area contributed by atoms with Crippen molar-refractivity contribution >= 4 is 11.6 Å². The Morgan fingerprint density at radius 2 is 2.30 bits per heavy atom. The van der Waals surface area contributed by atoms with Gasteiger partial charge in [-0.15, -0.1) is 0 Å². The van der Waals surface area contributed by atoms with Crippen LogP contribution in [0.4, 0.5) is 5.69 Å². The first-order valence-electron chi connectivity index (χ1n) is 6.63. The molecular weight excluding hydrogens is 256 g/mol. The number of aromatic nitrogens is 4. The lowest BCUT2D eigenvalue weighted by Gasteiger charge is -2.06. The predicted octanol–water partition coefficient (Wildman–Crippen LogP) is 0.600. The molecule has 1 fully saturated rings. The second-order valence-electron chi connectivity index (χ2n) is 4.87. The van der Waals surface area contributed by atoms with Crippen molar-refractivity contribution in [2.75, 3.05) is 18.4 Å². The second-order valence-corrected chi connectivity index (χ2v) is 4.87. The Balaban J connectivity index is 1.50. The lowest BCUT2D eigenvalue weighted by Crippen LogP contribution is -2.29. The van der Waals surface area contributed by atoms with Gasteiger partial charge in [0, 0.05) is 0 Å². The lowest BCUT2D eigenvalue weighted by atomic mass is 10.4. The Morgan fingerprint density at radius 3 is 2.95 bits per heavy atom. The van der Waals surface area contributed by atoms with E-state index in [0.29, 0.717) is 18.1 Å². The second kappa shape index (κ2) is 5.79. The lowest BCUT2D eigenvalue weighted by molar-refractivity contribution is -0.115. The van der Waals surface area contributed by atoms with Crippen molar-refractivity contribution in [2.24, 2.45) is 5.92 Å². The van der Waals surface area contributed by atoms with Crippen molar-refractivity contribution < 1.29 is 4.79 Å². The fourth-order valence-corrected chi connectivity index (χ4v) is 1.84. The van der Waals surface area contributed by atoms with Gasteiger partial charge in [0.25, 0.3) is 0 Å². The smallest absolute Gasteiger partial charge is 0.238 e. The molecule has 3 rings (SSSR count). The van der Waals surface area contributed by atoms with E-state index < -0.39 is 0 Å². The minimum atomic E-state index is -0.0547. The third-order valence-electron chi connectivity index (χ3n) is 3.10. The topological polar surface area (TPSA) is 84.7 Å². The summed E-state index contributed by atoms with van der Waals surface area (Å²) in [5.41, 5.74) is 0.673. The van der Waals surface area contributed by atoms with Gasteiger partial charge in [0.2, 0.25) is 5.91 Å². The molecule has 1 aliphatic carbocycles. The van der Waals surface area contributed by atoms with Gasteiger partial charge in [0.1, 0.15) is 12.7 Å². The van der Waals surface area contributed by atoms with Crippen LogP contribution in [0.2, 0.25) is 0 Å². The number of carbonyl (C=O) groups is 1. The molecule has 7 nitrogen and oxygen atoms in total. The van der Waals surface area contributed by atoms with Crippen molar-refractivity contribution in [3.05, 3.63) is 31.0 Å². The van der Waals surface area contributed by atoms with Crippen LogP contribution in [0.15, 0.2) is 31.0 Å². The summed E-state index contributed by atoms with van der Waals surface area (Å²) in [6.07, 6.45) is 7.19. The highest BCUT2D eigenvalue weighted by atomic mass is 16.1. The van der Waals surface area contributed by atoms with Crippen LogP contribution in [-0.4, -0.2) is 38.7 Å². The molecule has 1 aliphatic rings. The van der Waals surface area contributed by atoms with Gasteiger partial charge in [-0.25, -0.2) is 14.6 Å². The number of anilines is 1. The van der Waals surface area contributed by atoms with Crippen LogP contribution in [0.25, 0.3) is 5.82 Å². The summed E-state index contributed by atoms with van der Waals surface area (Å²) in [6.45, 7) is 1.26. The normalized spacial score (nSPS) is 14.2. The molecule has 0 aromatic carbocycles. The van der Waals surface area contributed by atoms with Gasteiger partial charge in [-0.05, 0) is 37.4 Å². The summed E-state index contributed by atoms with van der Waals surface area (Å²) in [7, 11) is 0. The molecule has 0 unspecified atom stereocenters.